The molecule has 106 valence electrons. The maximum Gasteiger partial charge on any atom is 0.224 e. The Morgan fingerprint density at radius 3 is 3.05 bits per heavy atom. The van der Waals surface area contributed by atoms with Gasteiger partial charge in [-0.25, -0.2) is 4.98 Å². The van der Waals surface area contributed by atoms with Gasteiger partial charge >= 0.3 is 0 Å². The average Bonchev–Trinajstić information content (AvgIpc) is 3.16. The normalized spacial score (nSPS) is 16.3. The van der Waals surface area contributed by atoms with Crippen molar-refractivity contribution in [3.8, 4) is 0 Å². The minimum atomic E-state index is 0.0218. The van der Waals surface area contributed by atoms with Gasteiger partial charge in [0.15, 0.2) is 0 Å². The van der Waals surface area contributed by atoms with Crippen molar-refractivity contribution in [1.29, 1.82) is 0 Å². The average molecular weight is 289 g/mol. The van der Waals surface area contributed by atoms with Crippen LogP contribution in [0, 0.1) is 0 Å². The van der Waals surface area contributed by atoms with Crippen LogP contribution in [0.2, 0.25) is 0 Å². The van der Waals surface area contributed by atoms with Crippen molar-refractivity contribution in [2.75, 3.05) is 5.32 Å². The topological polar surface area (TPSA) is 68.0 Å². The number of nitrogens with two attached hydrogens (primary N) is 1. The quantitative estimate of drug-likeness (QED) is 0.888. The fraction of sp³-hybridized carbons (Fsp3) is 0.467. The van der Waals surface area contributed by atoms with E-state index in [0.29, 0.717) is 18.8 Å². The molecule has 1 aromatic carbocycles. The minimum Gasteiger partial charge on any atom is -0.328 e. The molecule has 3 rings (SSSR count). The van der Waals surface area contributed by atoms with Crippen LogP contribution in [-0.4, -0.2) is 16.9 Å². The number of hydrogen-bond donors (Lipinski definition) is 2. The number of carbonyl (C=O) groups excluding carboxylic acids is 1. The van der Waals surface area contributed by atoms with Gasteiger partial charge in [-0.05, 0) is 44.4 Å². The Kier molecular flexibility index (Phi) is 3.72. The van der Waals surface area contributed by atoms with Crippen LogP contribution < -0.4 is 11.1 Å². The summed E-state index contributed by atoms with van der Waals surface area (Å²) in [6.45, 7) is 1.91. The number of nitrogens with one attached hydrogen (secondary N) is 1. The summed E-state index contributed by atoms with van der Waals surface area (Å²) in [5.41, 5.74) is 7.54. The lowest BCUT2D eigenvalue weighted by atomic mass is 10.2. The van der Waals surface area contributed by atoms with Crippen LogP contribution in [0.25, 0.3) is 10.2 Å². The van der Waals surface area contributed by atoms with E-state index in [0.717, 1.165) is 15.9 Å². The van der Waals surface area contributed by atoms with Crippen LogP contribution in [0.3, 0.4) is 0 Å². The zero-order valence-corrected chi connectivity index (χ0v) is 12.4. The number of rotatable bonds is 5. The molecule has 1 aromatic heterocycles. The van der Waals surface area contributed by atoms with E-state index in [1.54, 1.807) is 11.3 Å². The molecule has 1 aliphatic carbocycles. The lowest BCUT2D eigenvalue weighted by Crippen LogP contribution is -2.19. The number of benzene rings is 1. The Hall–Kier alpha value is -1.46. The first-order chi connectivity index (χ1) is 9.61. The summed E-state index contributed by atoms with van der Waals surface area (Å²) in [5, 5.41) is 4.16. The molecule has 1 aliphatic rings. The summed E-state index contributed by atoms with van der Waals surface area (Å²) >= 11 is 1.74. The van der Waals surface area contributed by atoms with E-state index in [1.165, 1.54) is 17.8 Å². The van der Waals surface area contributed by atoms with Crippen molar-refractivity contribution >= 4 is 33.1 Å². The Balaban J connectivity index is 1.70. The first kappa shape index (κ1) is 13.5. The van der Waals surface area contributed by atoms with E-state index in [9.17, 15) is 4.79 Å². The van der Waals surface area contributed by atoms with Gasteiger partial charge in [0.2, 0.25) is 5.91 Å². The van der Waals surface area contributed by atoms with E-state index < -0.39 is 0 Å². The Morgan fingerprint density at radius 2 is 2.35 bits per heavy atom. The third kappa shape index (κ3) is 3.16. The number of nitrogens with zero attached hydrogens (tertiary/aromatic N) is 1. The molecule has 0 aliphatic heterocycles. The molecule has 1 heterocycles. The Bertz CT molecular complexity index is 631. The Morgan fingerprint density at radius 1 is 1.55 bits per heavy atom. The molecule has 1 unspecified atom stereocenters. The van der Waals surface area contributed by atoms with E-state index in [1.807, 2.05) is 25.1 Å². The van der Waals surface area contributed by atoms with Crippen molar-refractivity contribution in [2.24, 2.45) is 5.73 Å². The second kappa shape index (κ2) is 5.50. The second-order valence-electron chi connectivity index (χ2n) is 5.57. The molecule has 1 amide bonds. The van der Waals surface area contributed by atoms with Gasteiger partial charge in [0, 0.05) is 24.1 Å². The molecular formula is C15H19N3OS. The van der Waals surface area contributed by atoms with Crippen LogP contribution in [0.5, 0.6) is 0 Å². The molecule has 0 radical (unpaired) electrons. The molecular weight excluding hydrogens is 270 g/mol. The van der Waals surface area contributed by atoms with Gasteiger partial charge < -0.3 is 11.1 Å². The van der Waals surface area contributed by atoms with Crippen molar-refractivity contribution in [2.45, 2.75) is 44.6 Å². The van der Waals surface area contributed by atoms with Gasteiger partial charge in [0.05, 0.1) is 15.2 Å². The van der Waals surface area contributed by atoms with Crippen LogP contribution in [-0.2, 0) is 4.79 Å². The van der Waals surface area contributed by atoms with Gasteiger partial charge in [-0.1, -0.05) is 0 Å². The fourth-order valence-electron chi connectivity index (χ4n) is 2.11. The van der Waals surface area contributed by atoms with Crippen LogP contribution in [0.1, 0.15) is 43.5 Å². The number of aromatic nitrogens is 1. The molecule has 20 heavy (non-hydrogen) atoms. The molecule has 5 heteroatoms. The van der Waals surface area contributed by atoms with E-state index in [-0.39, 0.29) is 11.9 Å². The van der Waals surface area contributed by atoms with Crippen molar-refractivity contribution in [3.05, 3.63) is 23.2 Å². The molecule has 1 fully saturated rings. The van der Waals surface area contributed by atoms with Gasteiger partial charge in [-0.3, -0.25) is 4.79 Å². The maximum atomic E-state index is 11.8. The minimum absolute atomic E-state index is 0.0218. The third-order valence-corrected chi connectivity index (χ3v) is 4.62. The molecule has 3 N–H and O–H groups in total. The number of carbonyl (C=O) groups is 1. The zero-order valence-electron chi connectivity index (χ0n) is 11.6. The maximum absolute atomic E-state index is 11.8. The lowest BCUT2D eigenvalue weighted by Gasteiger charge is -2.06. The molecule has 0 bridgehead atoms. The molecule has 1 atom stereocenters. The van der Waals surface area contributed by atoms with Crippen molar-refractivity contribution in [1.82, 2.24) is 4.98 Å². The highest BCUT2D eigenvalue weighted by atomic mass is 32.1. The molecule has 0 saturated heterocycles. The summed E-state index contributed by atoms with van der Waals surface area (Å²) in [7, 11) is 0. The van der Waals surface area contributed by atoms with Crippen molar-refractivity contribution in [3.63, 3.8) is 0 Å². The van der Waals surface area contributed by atoms with Crippen LogP contribution in [0.4, 0.5) is 5.69 Å². The second-order valence-corrected chi connectivity index (χ2v) is 6.64. The van der Waals surface area contributed by atoms with Gasteiger partial charge in [-0.2, -0.15) is 0 Å². The fourth-order valence-corrected chi connectivity index (χ4v) is 3.28. The lowest BCUT2D eigenvalue weighted by molar-refractivity contribution is -0.116. The van der Waals surface area contributed by atoms with Crippen LogP contribution in [0.15, 0.2) is 18.2 Å². The van der Waals surface area contributed by atoms with Crippen LogP contribution >= 0.6 is 11.3 Å². The summed E-state index contributed by atoms with van der Waals surface area (Å²) in [6.07, 6.45) is 3.70. The standard InChI is InChI=1S/C15H19N3OS/c1-9(16)2-7-14(19)17-11-5-6-12-13(8-11)20-15(18-12)10-3-4-10/h5-6,8-10H,2-4,7,16H2,1H3,(H,17,19). The number of thiazole rings is 1. The Labute approximate surface area is 122 Å². The molecule has 0 spiro atoms. The first-order valence-corrected chi connectivity index (χ1v) is 7.89. The summed E-state index contributed by atoms with van der Waals surface area (Å²) in [4.78, 5) is 16.4. The number of amides is 1. The third-order valence-electron chi connectivity index (χ3n) is 3.44. The molecule has 4 nitrogen and oxygen atoms in total. The highest BCUT2D eigenvalue weighted by Gasteiger charge is 2.26. The number of anilines is 1. The first-order valence-electron chi connectivity index (χ1n) is 7.08. The highest BCUT2D eigenvalue weighted by molar-refractivity contribution is 7.18. The van der Waals surface area contributed by atoms with E-state index >= 15 is 0 Å². The summed E-state index contributed by atoms with van der Waals surface area (Å²) in [6, 6.07) is 5.98. The summed E-state index contributed by atoms with van der Waals surface area (Å²) < 4.78 is 1.15. The number of hydrogen-bond acceptors (Lipinski definition) is 4. The van der Waals surface area contributed by atoms with Gasteiger partial charge in [0.25, 0.3) is 0 Å². The SMILES string of the molecule is CC(N)CCC(=O)Nc1ccc2nc(C3CC3)sc2c1. The largest absolute Gasteiger partial charge is 0.328 e. The van der Waals surface area contributed by atoms with Crippen molar-refractivity contribution < 1.29 is 4.79 Å². The number of fused-ring (bicyclic) bond motifs is 1. The van der Waals surface area contributed by atoms with E-state index in [2.05, 4.69) is 10.3 Å². The smallest absolute Gasteiger partial charge is 0.224 e. The van der Waals surface area contributed by atoms with Gasteiger partial charge in [-0.15, -0.1) is 11.3 Å². The van der Waals surface area contributed by atoms with Gasteiger partial charge in [0.1, 0.15) is 0 Å². The monoisotopic (exact) mass is 289 g/mol. The highest BCUT2D eigenvalue weighted by Crippen LogP contribution is 2.43. The predicted molar refractivity (Wildman–Crippen MR) is 83.1 cm³/mol. The molecule has 1 saturated carbocycles. The van der Waals surface area contributed by atoms with E-state index in [4.69, 9.17) is 5.73 Å². The summed E-state index contributed by atoms with van der Waals surface area (Å²) in [5.74, 6) is 0.699. The molecule has 2 aromatic rings. The predicted octanol–water partition coefficient (Wildman–Crippen LogP) is 3.24. The zero-order chi connectivity index (χ0) is 14.1.